The van der Waals surface area contributed by atoms with Crippen molar-refractivity contribution in [3.05, 3.63) is 0 Å². The van der Waals surface area contributed by atoms with Gasteiger partial charge >= 0.3 is 0 Å². The molecule has 2 saturated heterocycles. The summed E-state index contributed by atoms with van der Waals surface area (Å²) in [5.74, 6) is 0.201. The highest BCUT2D eigenvalue weighted by atomic mass is 16.6. The third-order valence-electron chi connectivity index (χ3n) is 2.99. The minimum atomic E-state index is 0.0394. The lowest BCUT2D eigenvalue weighted by Crippen LogP contribution is -2.53. The molecule has 2 aliphatic heterocycles. The van der Waals surface area contributed by atoms with E-state index >= 15 is 0 Å². The van der Waals surface area contributed by atoms with Crippen LogP contribution in [0.25, 0.3) is 0 Å². The molecule has 3 aliphatic rings. The zero-order chi connectivity index (χ0) is 8.13. The molecule has 2 heterocycles. The first-order valence-corrected chi connectivity index (χ1v) is 4.40. The Morgan fingerprint density at radius 3 is 2.83 bits per heavy atom. The number of nitrogens with one attached hydrogen (secondary N) is 1. The summed E-state index contributed by atoms with van der Waals surface area (Å²) < 4.78 is 11.1. The molecule has 4 nitrogen and oxygen atoms in total. The van der Waals surface area contributed by atoms with E-state index in [1.165, 1.54) is 0 Å². The average Bonchev–Trinajstić information content (AvgIpc) is 2.62. The molecule has 66 valence electrons. The fourth-order valence-corrected chi connectivity index (χ4v) is 2.48. The van der Waals surface area contributed by atoms with E-state index < -0.39 is 0 Å². The second kappa shape index (κ2) is 2.20. The molecule has 0 aromatic rings. The van der Waals surface area contributed by atoms with Crippen LogP contribution in [-0.4, -0.2) is 37.4 Å². The summed E-state index contributed by atoms with van der Waals surface area (Å²) >= 11 is 0. The molecule has 1 N–H and O–H groups in total. The van der Waals surface area contributed by atoms with E-state index in [-0.39, 0.29) is 30.1 Å². The summed E-state index contributed by atoms with van der Waals surface area (Å²) in [6, 6.07) is 0.216. The maximum atomic E-state index is 11.2. The van der Waals surface area contributed by atoms with E-state index in [4.69, 9.17) is 9.47 Å². The fraction of sp³-hybridized carbons (Fsp3) is 0.875. The maximum absolute atomic E-state index is 11.2. The molecule has 0 spiro atoms. The number of amides is 1. The number of hydrogen-bond acceptors (Lipinski definition) is 3. The Hall–Kier alpha value is -0.610. The first-order valence-electron chi connectivity index (χ1n) is 4.40. The Balaban J connectivity index is 1.88. The Bertz CT molecular complexity index is 230. The Morgan fingerprint density at radius 2 is 2.00 bits per heavy atom. The van der Waals surface area contributed by atoms with Crippen LogP contribution in [0, 0.1) is 5.92 Å². The predicted octanol–water partition coefficient (Wildman–Crippen LogP) is -0.711. The van der Waals surface area contributed by atoms with Gasteiger partial charge in [-0.25, -0.2) is 0 Å². The molecule has 4 heteroatoms. The van der Waals surface area contributed by atoms with Gasteiger partial charge in [0.1, 0.15) is 6.10 Å². The van der Waals surface area contributed by atoms with Crippen molar-refractivity contribution in [2.24, 2.45) is 5.92 Å². The zero-order valence-corrected chi connectivity index (χ0v) is 6.66. The van der Waals surface area contributed by atoms with Crippen LogP contribution in [0.3, 0.4) is 0 Å². The number of piperidine rings is 1. The van der Waals surface area contributed by atoms with Crippen molar-refractivity contribution in [3.8, 4) is 0 Å². The summed E-state index contributed by atoms with van der Waals surface area (Å²) in [5, 5.41) is 2.91. The summed E-state index contributed by atoms with van der Waals surface area (Å²) in [6.45, 7) is 1.30. The highest BCUT2D eigenvalue weighted by Crippen LogP contribution is 2.37. The van der Waals surface area contributed by atoms with Crippen LogP contribution in [0.2, 0.25) is 0 Å². The number of ether oxygens (including phenoxy) is 2. The third kappa shape index (κ3) is 0.716. The van der Waals surface area contributed by atoms with E-state index in [2.05, 4.69) is 5.32 Å². The van der Waals surface area contributed by atoms with Crippen molar-refractivity contribution >= 4 is 5.91 Å². The lowest BCUT2D eigenvalue weighted by Gasteiger charge is -2.34. The van der Waals surface area contributed by atoms with Gasteiger partial charge in [0.15, 0.2) is 0 Å². The highest BCUT2D eigenvalue weighted by molar-refractivity contribution is 5.83. The van der Waals surface area contributed by atoms with Crippen LogP contribution >= 0.6 is 0 Å². The Morgan fingerprint density at radius 1 is 1.25 bits per heavy atom. The van der Waals surface area contributed by atoms with Gasteiger partial charge in [-0.05, 0) is 6.42 Å². The third-order valence-corrected chi connectivity index (χ3v) is 2.99. The van der Waals surface area contributed by atoms with Crippen LogP contribution in [0.15, 0.2) is 0 Å². The lowest BCUT2D eigenvalue weighted by molar-refractivity contribution is -0.164. The van der Waals surface area contributed by atoms with Crippen LogP contribution in [-0.2, 0) is 14.3 Å². The van der Waals surface area contributed by atoms with Crippen LogP contribution in [0.4, 0.5) is 0 Å². The molecule has 3 rings (SSSR count). The molecule has 1 aliphatic carbocycles. The lowest BCUT2D eigenvalue weighted by atomic mass is 10.0. The van der Waals surface area contributed by atoms with Crippen molar-refractivity contribution in [2.75, 3.05) is 13.2 Å². The second-order valence-electron chi connectivity index (χ2n) is 3.63. The van der Waals surface area contributed by atoms with Gasteiger partial charge in [-0.15, -0.1) is 0 Å². The Kier molecular flexibility index (Phi) is 1.26. The number of hydrogen-bond donors (Lipinski definition) is 1. The molecule has 2 bridgehead atoms. The molecule has 1 saturated carbocycles. The summed E-state index contributed by atoms with van der Waals surface area (Å²) in [6.07, 6.45) is 1.06. The van der Waals surface area contributed by atoms with Gasteiger partial charge < -0.3 is 14.8 Å². The molecular formula is C8H11NO3. The van der Waals surface area contributed by atoms with E-state index in [1.54, 1.807) is 0 Å². The van der Waals surface area contributed by atoms with Gasteiger partial charge in [0, 0.05) is 0 Å². The monoisotopic (exact) mass is 169 g/mol. The first kappa shape index (κ1) is 6.86. The van der Waals surface area contributed by atoms with Gasteiger partial charge in [-0.3, -0.25) is 4.79 Å². The van der Waals surface area contributed by atoms with Crippen LogP contribution in [0.1, 0.15) is 6.42 Å². The zero-order valence-electron chi connectivity index (χ0n) is 6.66. The van der Waals surface area contributed by atoms with Crippen molar-refractivity contribution < 1.29 is 14.3 Å². The quantitative estimate of drug-likeness (QED) is 0.521. The number of fused-ring (bicyclic) bond motifs is 5. The van der Waals surface area contributed by atoms with Gasteiger partial charge in [0.25, 0.3) is 0 Å². The molecular weight excluding hydrogens is 158 g/mol. The molecule has 0 radical (unpaired) electrons. The van der Waals surface area contributed by atoms with Crippen molar-refractivity contribution in [2.45, 2.75) is 24.7 Å². The molecule has 4 unspecified atom stereocenters. The van der Waals surface area contributed by atoms with E-state index in [0.29, 0.717) is 13.2 Å². The molecule has 1 amide bonds. The normalized spacial score (nSPS) is 50.5. The second-order valence-corrected chi connectivity index (χ2v) is 3.63. The fourth-order valence-electron chi connectivity index (χ4n) is 2.48. The standard InChI is InChI=1S/C8H11NO3/c10-8-4-3-5(9-8)7-6(4)11-1-2-12-7/h4-7H,1-3H2,(H,9,10). The molecule has 4 atom stereocenters. The predicted molar refractivity (Wildman–Crippen MR) is 39.5 cm³/mol. The first-order chi connectivity index (χ1) is 5.86. The smallest absolute Gasteiger partial charge is 0.226 e. The van der Waals surface area contributed by atoms with Crippen LogP contribution in [0.5, 0.6) is 0 Å². The average molecular weight is 169 g/mol. The van der Waals surface area contributed by atoms with Gasteiger partial charge in [0.05, 0.1) is 31.3 Å². The minimum Gasteiger partial charge on any atom is -0.372 e. The van der Waals surface area contributed by atoms with Crippen molar-refractivity contribution in [1.82, 2.24) is 5.32 Å². The van der Waals surface area contributed by atoms with E-state index in [0.717, 1.165) is 6.42 Å². The van der Waals surface area contributed by atoms with Crippen molar-refractivity contribution in [1.29, 1.82) is 0 Å². The number of rotatable bonds is 0. The molecule has 0 aromatic carbocycles. The number of carbonyl (C=O) groups excluding carboxylic acids is 1. The Labute approximate surface area is 70.2 Å². The van der Waals surface area contributed by atoms with Gasteiger partial charge in [-0.1, -0.05) is 0 Å². The summed E-state index contributed by atoms with van der Waals surface area (Å²) in [7, 11) is 0. The van der Waals surface area contributed by atoms with E-state index in [9.17, 15) is 4.79 Å². The molecule has 12 heavy (non-hydrogen) atoms. The van der Waals surface area contributed by atoms with Crippen LogP contribution < -0.4 is 5.32 Å². The van der Waals surface area contributed by atoms with Gasteiger partial charge in [0.2, 0.25) is 5.91 Å². The maximum Gasteiger partial charge on any atom is 0.226 e. The largest absolute Gasteiger partial charge is 0.372 e. The minimum absolute atomic E-state index is 0.0394. The van der Waals surface area contributed by atoms with E-state index in [1.807, 2.05) is 0 Å². The highest BCUT2D eigenvalue weighted by Gasteiger charge is 2.55. The van der Waals surface area contributed by atoms with Crippen molar-refractivity contribution in [3.63, 3.8) is 0 Å². The number of carbonyl (C=O) groups is 1. The summed E-state index contributed by atoms with van der Waals surface area (Å²) in [5.41, 5.74) is 0. The summed E-state index contributed by atoms with van der Waals surface area (Å²) in [4.78, 5) is 11.2. The molecule has 0 aromatic heterocycles. The van der Waals surface area contributed by atoms with Gasteiger partial charge in [-0.2, -0.15) is 0 Å². The SMILES string of the molecule is O=C1NC2CC1C1OCCOC21. The molecule has 3 fully saturated rings. The topological polar surface area (TPSA) is 47.6 Å².